The third kappa shape index (κ3) is 3.80. The molecule has 1 unspecified atom stereocenters. The quantitative estimate of drug-likeness (QED) is 0.841. The van der Waals surface area contributed by atoms with Gasteiger partial charge in [-0.05, 0) is 39.5 Å². The van der Waals surface area contributed by atoms with E-state index in [0.29, 0.717) is 11.5 Å². The van der Waals surface area contributed by atoms with Crippen LogP contribution in [0.25, 0.3) is 0 Å². The van der Waals surface area contributed by atoms with Crippen LogP contribution >= 0.6 is 11.5 Å². The molecule has 6 nitrogen and oxygen atoms in total. The average Bonchev–Trinajstić information content (AvgIpc) is 2.59. The van der Waals surface area contributed by atoms with Crippen LogP contribution in [0.4, 0.5) is 10.8 Å². The van der Waals surface area contributed by atoms with Gasteiger partial charge < -0.3 is 15.5 Å². The second kappa shape index (κ2) is 6.06. The molecule has 0 aliphatic rings. The minimum atomic E-state index is -3.37. The van der Waals surface area contributed by atoms with E-state index in [4.69, 9.17) is 5.73 Å². The molecule has 0 saturated heterocycles. The lowest BCUT2D eigenvalue weighted by Crippen LogP contribution is -2.40. The van der Waals surface area contributed by atoms with Gasteiger partial charge in [-0.15, -0.1) is 0 Å². The minimum absolute atomic E-state index is 0.0954. The molecule has 1 aromatic heterocycles. The smallest absolute Gasteiger partial charge is 0.182 e. The van der Waals surface area contributed by atoms with Crippen LogP contribution in [-0.4, -0.2) is 57.2 Å². The molecule has 1 atom stereocenters. The number of sulfone groups is 1. The summed E-state index contributed by atoms with van der Waals surface area (Å²) in [6.07, 6.45) is 1.17. The number of nitrogens with two attached hydrogens (primary N) is 1. The highest BCUT2D eigenvalue weighted by molar-refractivity contribution is 7.91. The summed E-state index contributed by atoms with van der Waals surface area (Å²) in [4.78, 5) is 4.26. The first kappa shape index (κ1) is 16.2. The largest absolute Gasteiger partial charge is 0.382 e. The molecule has 1 heterocycles. The van der Waals surface area contributed by atoms with Gasteiger partial charge in [0.25, 0.3) is 0 Å². The van der Waals surface area contributed by atoms with Gasteiger partial charge in [0.2, 0.25) is 0 Å². The molecule has 2 N–H and O–H groups in total. The van der Waals surface area contributed by atoms with E-state index in [1.54, 1.807) is 0 Å². The fourth-order valence-electron chi connectivity index (χ4n) is 2.10. The molecule has 110 valence electrons. The third-order valence-corrected chi connectivity index (χ3v) is 4.96. The zero-order valence-electron chi connectivity index (χ0n) is 12.0. The zero-order valence-corrected chi connectivity index (χ0v) is 13.7. The second-order valence-corrected chi connectivity index (χ2v) is 7.58. The number of nitrogens with zero attached hydrogens (tertiary/aromatic N) is 3. The van der Waals surface area contributed by atoms with E-state index < -0.39 is 9.84 Å². The Morgan fingerprint density at radius 2 is 2.00 bits per heavy atom. The van der Waals surface area contributed by atoms with Crippen LogP contribution in [0, 0.1) is 0 Å². The summed E-state index contributed by atoms with van der Waals surface area (Å²) in [7, 11) is 0.608. The normalized spacial score (nSPS) is 13.8. The molecule has 0 radical (unpaired) electrons. The van der Waals surface area contributed by atoms with E-state index in [1.807, 2.05) is 25.9 Å². The van der Waals surface area contributed by atoms with Gasteiger partial charge in [-0.1, -0.05) is 0 Å². The fraction of sp³-hybridized carbons (Fsp3) is 0.727. The molecule has 0 spiro atoms. The standard InChI is InChI=1S/C11H22N4O2S2/c1-6-15(8(2)7-14(3)4)11-9(19(5,16)17)10(12)13-18-11/h8H,6-7H2,1-5H3,(H2,12,13). The first-order valence-electron chi connectivity index (χ1n) is 6.05. The Labute approximate surface area is 119 Å². The Balaban J connectivity index is 3.20. The topological polar surface area (TPSA) is 79.5 Å². The Bertz CT molecular complexity index is 525. The number of aromatic nitrogens is 1. The van der Waals surface area contributed by atoms with Crippen molar-refractivity contribution in [3.05, 3.63) is 0 Å². The summed E-state index contributed by atoms with van der Waals surface area (Å²) in [5.41, 5.74) is 5.70. The van der Waals surface area contributed by atoms with Crippen LogP contribution in [0.15, 0.2) is 4.90 Å². The van der Waals surface area contributed by atoms with Gasteiger partial charge >= 0.3 is 0 Å². The Hall–Kier alpha value is -0.860. The van der Waals surface area contributed by atoms with Crippen molar-refractivity contribution in [2.75, 3.05) is 44.1 Å². The van der Waals surface area contributed by atoms with Gasteiger partial charge in [0, 0.05) is 25.4 Å². The van der Waals surface area contributed by atoms with E-state index in [2.05, 4.69) is 16.2 Å². The highest BCUT2D eigenvalue weighted by Gasteiger charge is 2.27. The third-order valence-electron chi connectivity index (χ3n) is 2.79. The lowest BCUT2D eigenvalue weighted by molar-refractivity contribution is 0.373. The highest BCUT2D eigenvalue weighted by Crippen LogP contribution is 2.35. The van der Waals surface area contributed by atoms with Crippen molar-refractivity contribution in [2.45, 2.75) is 24.8 Å². The van der Waals surface area contributed by atoms with Crippen LogP contribution < -0.4 is 10.6 Å². The van der Waals surface area contributed by atoms with E-state index in [0.717, 1.165) is 18.1 Å². The molecule has 0 saturated carbocycles. The molecular weight excluding hydrogens is 284 g/mol. The Morgan fingerprint density at radius 1 is 1.42 bits per heavy atom. The van der Waals surface area contributed by atoms with Gasteiger partial charge in [-0.2, -0.15) is 4.37 Å². The van der Waals surface area contributed by atoms with Crippen molar-refractivity contribution in [1.29, 1.82) is 0 Å². The van der Waals surface area contributed by atoms with Gasteiger partial charge in [0.1, 0.15) is 9.90 Å². The van der Waals surface area contributed by atoms with Gasteiger partial charge in [0.05, 0.1) is 0 Å². The summed E-state index contributed by atoms with van der Waals surface area (Å²) in [6.45, 7) is 5.59. The summed E-state index contributed by atoms with van der Waals surface area (Å²) < 4.78 is 27.7. The summed E-state index contributed by atoms with van der Waals surface area (Å²) in [5, 5.41) is 0.636. The van der Waals surface area contributed by atoms with E-state index >= 15 is 0 Å². The summed E-state index contributed by atoms with van der Waals surface area (Å²) in [6, 6.07) is 0.181. The van der Waals surface area contributed by atoms with Crippen LogP contribution in [0.2, 0.25) is 0 Å². The Kier molecular flexibility index (Phi) is 5.17. The van der Waals surface area contributed by atoms with Crippen LogP contribution in [0.3, 0.4) is 0 Å². The summed E-state index contributed by atoms with van der Waals surface area (Å²) in [5.74, 6) is 0.0954. The average molecular weight is 306 g/mol. The molecule has 1 aromatic rings. The predicted molar refractivity (Wildman–Crippen MR) is 80.7 cm³/mol. The molecule has 0 aliphatic carbocycles. The summed E-state index contributed by atoms with van der Waals surface area (Å²) >= 11 is 1.14. The van der Waals surface area contributed by atoms with Crippen molar-refractivity contribution in [1.82, 2.24) is 9.27 Å². The lowest BCUT2D eigenvalue weighted by atomic mass is 10.2. The van der Waals surface area contributed by atoms with Crippen molar-refractivity contribution < 1.29 is 8.42 Å². The molecule has 19 heavy (non-hydrogen) atoms. The van der Waals surface area contributed by atoms with Gasteiger partial charge in [-0.25, -0.2) is 8.42 Å². The molecule has 0 fully saturated rings. The predicted octanol–water partition coefficient (Wildman–Crippen LogP) is 0.905. The van der Waals surface area contributed by atoms with Crippen molar-refractivity contribution in [3.8, 4) is 0 Å². The van der Waals surface area contributed by atoms with Crippen molar-refractivity contribution in [3.63, 3.8) is 0 Å². The number of anilines is 2. The van der Waals surface area contributed by atoms with E-state index in [-0.39, 0.29) is 16.8 Å². The second-order valence-electron chi connectivity index (χ2n) is 4.87. The molecule has 0 bridgehead atoms. The molecular formula is C11H22N4O2S2. The zero-order chi connectivity index (χ0) is 14.8. The molecule has 0 amide bonds. The minimum Gasteiger partial charge on any atom is -0.382 e. The van der Waals surface area contributed by atoms with E-state index in [9.17, 15) is 8.42 Å². The molecule has 1 rings (SSSR count). The lowest BCUT2D eigenvalue weighted by Gasteiger charge is -2.31. The maximum absolute atomic E-state index is 11.9. The maximum Gasteiger partial charge on any atom is 0.182 e. The monoisotopic (exact) mass is 306 g/mol. The number of hydrogen-bond acceptors (Lipinski definition) is 7. The number of rotatable bonds is 6. The van der Waals surface area contributed by atoms with Gasteiger partial charge in [0.15, 0.2) is 15.7 Å². The molecule has 0 aliphatic heterocycles. The first-order chi connectivity index (χ1) is 8.68. The SMILES string of the molecule is CCN(c1snc(N)c1S(C)(=O)=O)C(C)CN(C)C. The van der Waals surface area contributed by atoms with Crippen molar-refractivity contribution in [2.24, 2.45) is 0 Å². The van der Waals surface area contributed by atoms with Crippen LogP contribution in [0.5, 0.6) is 0 Å². The molecule has 8 heteroatoms. The van der Waals surface area contributed by atoms with Crippen molar-refractivity contribution >= 4 is 32.2 Å². The number of likely N-dealkylation sites (N-methyl/N-ethyl adjacent to an activating group) is 2. The Morgan fingerprint density at radius 3 is 2.42 bits per heavy atom. The number of hydrogen-bond donors (Lipinski definition) is 1. The van der Waals surface area contributed by atoms with E-state index in [1.165, 1.54) is 6.26 Å². The number of nitrogen functional groups attached to an aromatic ring is 1. The molecule has 0 aromatic carbocycles. The fourth-order valence-corrected chi connectivity index (χ4v) is 4.46. The first-order valence-corrected chi connectivity index (χ1v) is 8.71. The van der Waals surface area contributed by atoms with Crippen LogP contribution in [-0.2, 0) is 9.84 Å². The van der Waals surface area contributed by atoms with Crippen LogP contribution in [0.1, 0.15) is 13.8 Å². The highest BCUT2D eigenvalue weighted by atomic mass is 32.2. The van der Waals surface area contributed by atoms with Gasteiger partial charge in [-0.3, -0.25) is 0 Å². The maximum atomic E-state index is 11.9.